The van der Waals surface area contributed by atoms with Crippen LogP contribution in [0.2, 0.25) is 14.8 Å². The van der Waals surface area contributed by atoms with E-state index in [1.165, 1.54) is 54.5 Å². The van der Waals surface area contributed by atoms with Crippen LogP contribution >= 0.6 is 59.1 Å². The van der Waals surface area contributed by atoms with Crippen molar-refractivity contribution in [3.63, 3.8) is 0 Å². The van der Waals surface area contributed by atoms with Gasteiger partial charge >= 0.3 is 141 Å². The Morgan fingerprint density at radius 3 is 1.49 bits per heavy atom. The van der Waals surface area contributed by atoms with E-state index in [-0.39, 0.29) is 0 Å². The summed E-state index contributed by atoms with van der Waals surface area (Å²) < 4.78 is 20.9. The molecule has 0 saturated carbocycles. The third-order valence-electron chi connectivity index (χ3n) is 7.90. The fourth-order valence-electron chi connectivity index (χ4n) is 5.09. The maximum atomic E-state index is 6.44. The van der Waals surface area contributed by atoms with E-state index >= 15 is 0 Å². The number of halogens is 3. The quantitative estimate of drug-likeness (QED) is 0.0367. The minimum absolute atomic E-state index is 0.665. The molecule has 8 heteroatoms. The molecule has 0 aliphatic carbocycles. The van der Waals surface area contributed by atoms with E-state index in [4.69, 9.17) is 14.2 Å². The summed E-state index contributed by atoms with van der Waals surface area (Å²) in [4.78, 5) is 8.81. The fraction of sp³-hybridized carbons (Fsp3) is 0.538. The molecule has 0 N–H and O–H groups in total. The first-order valence-corrected chi connectivity index (χ1v) is 31.7. The second-order valence-electron chi connectivity index (χ2n) is 13.1. The Labute approximate surface area is 318 Å². The van der Waals surface area contributed by atoms with Crippen LogP contribution in [0.25, 0.3) is 22.6 Å². The molecule has 3 aromatic rings. The van der Waals surface area contributed by atoms with Gasteiger partial charge < -0.3 is 14.2 Å². The molecule has 3 nitrogen and oxygen atoms in total. The Kier molecular flexibility index (Phi) is 20.8. The SMILES string of the molecule is [CH3][Sn]([CH3])([CH3])[c]1ccc(-c2ccc(/C=C/c3cc(OCCCCCCBr)c(OCCCCCCBr)c(OCCCCCCBr)c3)cc2)s1. The van der Waals surface area contributed by atoms with E-state index in [1.54, 1.807) is 2.89 Å². The number of unbranched alkanes of at least 4 members (excludes halogenated alkanes) is 9. The molecule has 260 valence electrons. The monoisotopic (exact) mass is 960 g/mol. The molecule has 0 aliphatic rings. The Balaban J connectivity index is 1.80. The summed E-state index contributed by atoms with van der Waals surface area (Å²) in [5.74, 6) is 2.33. The molecule has 0 atom stereocenters. The van der Waals surface area contributed by atoms with Crippen molar-refractivity contribution in [1.29, 1.82) is 0 Å². The first kappa shape index (κ1) is 40.9. The molecule has 0 bridgehead atoms. The van der Waals surface area contributed by atoms with Gasteiger partial charge in [-0.1, -0.05) is 86.3 Å². The maximum absolute atomic E-state index is 6.44. The van der Waals surface area contributed by atoms with Crippen molar-refractivity contribution in [3.05, 3.63) is 59.7 Å². The Bertz CT molecular complexity index is 1270. The number of benzene rings is 2. The van der Waals surface area contributed by atoms with Crippen LogP contribution in [-0.4, -0.2) is 54.2 Å². The molecule has 0 saturated heterocycles. The number of hydrogen-bond donors (Lipinski definition) is 0. The summed E-state index contributed by atoms with van der Waals surface area (Å²) in [6, 6.07) is 17.8. The van der Waals surface area contributed by atoms with E-state index in [0.29, 0.717) is 19.8 Å². The van der Waals surface area contributed by atoms with Crippen LogP contribution in [0.5, 0.6) is 17.2 Å². The van der Waals surface area contributed by atoms with Crippen molar-refractivity contribution >= 4 is 92.5 Å². The predicted octanol–water partition coefficient (Wildman–Crippen LogP) is 13.1. The van der Waals surface area contributed by atoms with E-state index < -0.39 is 18.4 Å². The van der Waals surface area contributed by atoms with Crippen LogP contribution in [0.1, 0.15) is 88.2 Å². The van der Waals surface area contributed by atoms with Gasteiger partial charge in [0, 0.05) is 16.0 Å². The Hall–Kier alpha value is -0.481. The molecular weight excluding hydrogens is 907 g/mol. The van der Waals surface area contributed by atoms with Gasteiger partial charge in [-0.2, -0.15) is 0 Å². The molecule has 3 rings (SSSR count). The van der Waals surface area contributed by atoms with Gasteiger partial charge in [-0.3, -0.25) is 0 Å². The average molecular weight is 962 g/mol. The topological polar surface area (TPSA) is 27.7 Å². The zero-order valence-corrected chi connectivity index (χ0v) is 37.2. The molecule has 0 spiro atoms. The zero-order chi connectivity index (χ0) is 33.7. The molecule has 47 heavy (non-hydrogen) atoms. The van der Waals surface area contributed by atoms with Crippen molar-refractivity contribution in [2.45, 2.75) is 91.9 Å². The van der Waals surface area contributed by atoms with E-state index in [1.807, 2.05) is 11.3 Å². The van der Waals surface area contributed by atoms with Crippen molar-refractivity contribution in [1.82, 2.24) is 0 Å². The molecule has 1 heterocycles. The predicted molar refractivity (Wildman–Crippen MR) is 221 cm³/mol. The number of alkyl halides is 3. The van der Waals surface area contributed by atoms with Crippen LogP contribution in [0.3, 0.4) is 0 Å². The molecule has 1 aromatic heterocycles. The van der Waals surface area contributed by atoms with Gasteiger partial charge in [-0.25, -0.2) is 0 Å². The first-order valence-electron chi connectivity index (χ1n) is 17.5. The molecule has 0 aliphatic heterocycles. The third kappa shape index (κ3) is 15.9. The number of rotatable bonds is 25. The van der Waals surface area contributed by atoms with Gasteiger partial charge in [0.2, 0.25) is 5.75 Å². The molecular formula is C39H55Br3O3SSn. The van der Waals surface area contributed by atoms with Gasteiger partial charge in [0.05, 0.1) is 19.8 Å². The van der Waals surface area contributed by atoms with Crippen molar-refractivity contribution in [2.75, 3.05) is 35.8 Å². The minimum atomic E-state index is -2.05. The summed E-state index contributed by atoms with van der Waals surface area (Å²) in [6.07, 6.45) is 18.1. The number of ether oxygens (including phenoxy) is 3. The normalized spacial score (nSPS) is 11.8. The second-order valence-corrected chi connectivity index (χ2v) is 31.9. The molecule has 0 amide bonds. The van der Waals surface area contributed by atoms with Crippen molar-refractivity contribution in [2.24, 2.45) is 0 Å². The van der Waals surface area contributed by atoms with Crippen LogP contribution in [0.15, 0.2) is 48.5 Å². The average Bonchev–Trinajstić information content (AvgIpc) is 3.57. The standard InChI is InChI=1S/C36H46Br3O3S.3CH3.Sn/c37-21-7-1-4-10-24-40-33-28-31(16-15-30-17-19-32(20-18-30)35-14-13-27-43-35)29-34(41-25-11-5-2-8-22-38)36(33)42-26-12-6-3-9-23-39;;;;/h13-20,28-29H,1-12,21-26H2;3*1H3;/b16-15+;;;;. The van der Waals surface area contributed by atoms with Crippen molar-refractivity contribution in [3.8, 4) is 27.7 Å². The van der Waals surface area contributed by atoms with E-state index in [0.717, 1.165) is 77.3 Å². The van der Waals surface area contributed by atoms with E-state index in [9.17, 15) is 0 Å². The summed E-state index contributed by atoms with van der Waals surface area (Å²) >= 11 is 10.6. The first-order chi connectivity index (χ1) is 22.9. The number of hydrogen-bond acceptors (Lipinski definition) is 4. The summed E-state index contributed by atoms with van der Waals surface area (Å²) in [5.41, 5.74) is 3.53. The molecule has 0 radical (unpaired) electrons. The second kappa shape index (κ2) is 23.8. The zero-order valence-electron chi connectivity index (χ0n) is 28.8. The molecule has 2 aromatic carbocycles. The van der Waals surface area contributed by atoms with Gasteiger partial charge in [0.25, 0.3) is 0 Å². The summed E-state index contributed by atoms with van der Waals surface area (Å²) in [6.45, 7) is 2.01. The molecule has 0 fully saturated rings. The van der Waals surface area contributed by atoms with Crippen LogP contribution < -0.4 is 17.1 Å². The van der Waals surface area contributed by atoms with Gasteiger partial charge in [-0.05, 0) is 38.5 Å². The Morgan fingerprint density at radius 2 is 1.02 bits per heavy atom. The molecule has 0 unspecified atom stereocenters. The fourth-order valence-corrected chi connectivity index (χ4v) is 12.6. The van der Waals surface area contributed by atoms with Crippen molar-refractivity contribution < 1.29 is 14.2 Å². The van der Waals surface area contributed by atoms with Gasteiger partial charge in [0.1, 0.15) is 0 Å². The van der Waals surface area contributed by atoms with E-state index in [2.05, 4.69) is 123 Å². The Morgan fingerprint density at radius 1 is 0.553 bits per heavy atom. The summed E-state index contributed by atoms with van der Waals surface area (Å²) in [5, 5.41) is 3.18. The van der Waals surface area contributed by atoms with Crippen LogP contribution in [0.4, 0.5) is 0 Å². The van der Waals surface area contributed by atoms with Gasteiger partial charge in [-0.15, -0.1) is 0 Å². The third-order valence-corrected chi connectivity index (χ3v) is 20.2. The summed E-state index contributed by atoms with van der Waals surface area (Å²) in [7, 11) is 0. The van der Waals surface area contributed by atoms with Gasteiger partial charge in [0.15, 0.2) is 0 Å². The van der Waals surface area contributed by atoms with Crippen LogP contribution in [0, 0.1) is 0 Å². The van der Waals surface area contributed by atoms with Crippen LogP contribution in [-0.2, 0) is 0 Å². The number of thiophene rings is 1.